The Hall–Kier alpha value is -1.69. The van der Waals surface area contributed by atoms with Gasteiger partial charge in [-0.1, -0.05) is 11.6 Å². The number of carbonyl (C=O) groups is 1. The van der Waals surface area contributed by atoms with Gasteiger partial charge >= 0.3 is 12.1 Å². The van der Waals surface area contributed by atoms with Gasteiger partial charge in [0.1, 0.15) is 0 Å². The molecule has 0 saturated carbocycles. The number of benzene rings is 1. The van der Waals surface area contributed by atoms with Gasteiger partial charge in [0.2, 0.25) is 0 Å². The standard InChI is InChI=1S/C12H9ClF3NO2/c1-17-9-3-2-7(13)4-6(9)5-8(11(18)19)10(17)12(14,15)16/h2-5,10H,1H3,(H,18,19). The monoisotopic (exact) mass is 291 g/mol. The normalized spacial score (nSPS) is 18.9. The Kier molecular flexibility index (Phi) is 3.22. The lowest BCUT2D eigenvalue weighted by molar-refractivity contribution is -0.150. The minimum Gasteiger partial charge on any atom is -0.478 e. The lowest BCUT2D eigenvalue weighted by Gasteiger charge is -2.36. The smallest absolute Gasteiger partial charge is 0.413 e. The number of carboxylic acid groups (broad SMARTS) is 1. The summed E-state index contributed by atoms with van der Waals surface area (Å²) < 4.78 is 39.0. The summed E-state index contributed by atoms with van der Waals surface area (Å²) in [5.74, 6) is -1.60. The molecule has 19 heavy (non-hydrogen) atoms. The molecule has 0 aliphatic carbocycles. The summed E-state index contributed by atoms with van der Waals surface area (Å²) in [4.78, 5) is 11.9. The van der Waals surface area contributed by atoms with E-state index in [0.29, 0.717) is 10.6 Å². The van der Waals surface area contributed by atoms with E-state index in [9.17, 15) is 18.0 Å². The van der Waals surface area contributed by atoms with Crippen LogP contribution in [0.4, 0.5) is 18.9 Å². The van der Waals surface area contributed by atoms with Crippen LogP contribution < -0.4 is 4.90 Å². The first kappa shape index (κ1) is 13.7. The molecule has 1 unspecified atom stereocenters. The van der Waals surface area contributed by atoms with Crippen LogP contribution >= 0.6 is 11.6 Å². The highest BCUT2D eigenvalue weighted by molar-refractivity contribution is 6.30. The number of hydrogen-bond donors (Lipinski definition) is 1. The molecule has 0 saturated heterocycles. The molecule has 2 rings (SSSR count). The van der Waals surface area contributed by atoms with Crippen LogP contribution in [-0.4, -0.2) is 30.3 Å². The van der Waals surface area contributed by atoms with Crippen molar-refractivity contribution < 1.29 is 23.1 Å². The van der Waals surface area contributed by atoms with Gasteiger partial charge in [-0.3, -0.25) is 0 Å². The zero-order valence-corrected chi connectivity index (χ0v) is 10.5. The second kappa shape index (κ2) is 4.45. The predicted octanol–water partition coefficient (Wildman–Crippen LogP) is 3.19. The van der Waals surface area contributed by atoms with E-state index in [1.807, 2.05) is 0 Å². The second-order valence-electron chi connectivity index (χ2n) is 4.16. The maximum atomic E-state index is 13.0. The molecular weight excluding hydrogens is 283 g/mol. The second-order valence-corrected chi connectivity index (χ2v) is 4.60. The van der Waals surface area contributed by atoms with E-state index >= 15 is 0 Å². The molecule has 1 N–H and O–H groups in total. The molecule has 7 heteroatoms. The van der Waals surface area contributed by atoms with Crippen LogP contribution in [0, 0.1) is 0 Å². The number of nitrogens with zero attached hydrogens (tertiary/aromatic N) is 1. The summed E-state index contributed by atoms with van der Waals surface area (Å²) in [7, 11) is 1.21. The molecule has 1 aliphatic rings. The number of fused-ring (bicyclic) bond motifs is 1. The van der Waals surface area contributed by atoms with Crippen LogP contribution in [-0.2, 0) is 4.79 Å². The van der Waals surface area contributed by atoms with Gasteiger partial charge < -0.3 is 10.0 Å². The Bertz CT molecular complexity index is 569. The number of halogens is 4. The molecule has 1 aromatic rings. The fourth-order valence-corrected chi connectivity index (χ4v) is 2.31. The van der Waals surface area contributed by atoms with E-state index in [1.165, 1.54) is 25.2 Å². The molecule has 0 radical (unpaired) electrons. The van der Waals surface area contributed by atoms with Gasteiger partial charge in [-0.25, -0.2) is 4.79 Å². The maximum absolute atomic E-state index is 13.0. The minimum absolute atomic E-state index is 0.289. The quantitative estimate of drug-likeness (QED) is 0.864. The van der Waals surface area contributed by atoms with Crippen LogP contribution in [0.1, 0.15) is 5.56 Å². The molecule has 0 bridgehead atoms. The van der Waals surface area contributed by atoms with Crippen molar-refractivity contribution in [1.29, 1.82) is 0 Å². The summed E-state index contributed by atoms with van der Waals surface area (Å²) in [6.07, 6.45) is -3.65. The molecule has 0 fully saturated rings. The van der Waals surface area contributed by atoms with Crippen molar-refractivity contribution in [3.05, 3.63) is 34.4 Å². The molecule has 3 nitrogen and oxygen atoms in total. The summed E-state index contributed by atoms with van der Waals surface area (Å²) >= 11 is 5.76. The van der Waals surface area contributed by atoms with Crippen molar-refractivity contribution in [1.82, 2.24) is 0 Å². The van der Waals surface area contributed by atoms with Crippen molar-refractivity contribution >= 4 is 29.3 Å². The molecule has 102 valence electrons. The third kappa shape index (κ3) is 2.40. The van der Waals surface area contributed by atoms with Gasteiger partial charge in [-0.05, 0) is 29.8 Å². The molecular formula is C12H9ClF3NO2. The third-order valence-electron chi connectivity index (χ3n) is 2.92. The number of alkyl halides is 3. The van der Waals surface area contributed by atoms with Crippen molar-refractivity contribution in [2.75, 3.05) is 11.9 Å². The fourth-order valence-electron chi connectivity index (χ4n) is 2.13. The van der Waals surface area contributed by atoms with Gasteiger partial charge in [0.15, 0.2) is 6.04 Å². The molecule has 0 amide bonds. The number of rotatable bonds is 1. The Morgan fingerprint density at radius 1 is 1.42 bits per heavy atom. The molecule has 1 atom stereocenters. The summed E-state index contributed by atoms with van der Waals surface area (Å²) in [6, 6.07) is 2.16. The number of hydrogen-bond acceptors (Lipinski definition) is 2. The highest BCUT2D eigenvalue weighted by Crippen LogP contribution is 2.39. The van der Waals surface area contributed by atoms with Gasteiger partial charge in [0, 0.05) is 17.8 Å². The lowest BCUT2D eigenvalue weighted by atomic mass is 9.95. The number of carboxylic acids is 1. The van der Waals surface area contributed by atoms with Crippen LogP contribution in [0.5, 0.6) is 0 Å². The highest BCUT2D eigenvalue weighted by atomic mass is 35.5. The van der Waals surface area contributed by atoms with Gasteiger partial charge in [-0.2, -0.15) is 13.2 Å². The van der Waals surface area contributed by atoms with Gasteiger partial charge in [0.25, 0.3) is 0 Å². The third-order valence-corrected chi connectivity index (χ3v) is 3.15. The largest absolute Gasteiger partial charge is 0.478 e. The first-order valence-corrected chi connectivity index (χ1v) is 5.63. The van der Waals surface area contributed by atoms with Crippen molar-refractivity contribution in [2.45, 2.75) is 12.2 Å². The van der Waals surface area contributed by atoms with E-state index < -0.39 is 23.8 Å². The molecule has 0 spiro atoms. The van der Waals surface area contributed by atoms with Gasteiger partial charge in [0.05, 0.1) is 5.57 Å². The topological polar surface area (TPSA) is 40.5 Å². The van der Waals surface area contributed by atoms with Crippen LogP contribution in [0.3, 0.4) is 0 Å². The van der Waals surface area contributed by atoms with Crippen LogP contribution in [0.15, 0.2) is 23.8 Å². The lowest BCUT2D eigenvalue weighted by Crippen LogP contribution is -2.48. The van der Waals surface area contributed by atoms with Crippen molar-refractivity contribution in [3.63, 3.8) is 0 Å². The van der Waals surface area contributed by atoms with Crippen LogP contribution in [0.25, 0.3) is 6.08 Å². The summed E-state index contributed by atoms with van der Waals surface area (Å²) in [5, 5.41) is 9.29. The van der Waals surface area contributed by atoms with E-state index in [2.05, 4.69) is 0 Å². The number of aliphatic carboxylic acids is 1. The average molecular weight is 292 g/mol. The van der Waals surface area contributed by atoms with Crippen molar-refractivity contribution in [2.24, 2.45) is 0 Å². The predicted molar refractivity (Wildman–Crippen MR) is 65.3 cm³/mol. The SMILES string of the molecule is CN1c2ccc(Cl)cc2C=C(C(=O)O)C1C(F)(F)F. The fraction of sp³-hybridized carbons (Fsp3) is 0.250. The molecule has 0 aromatic heterocycles. The molecule has 1 heterocycles. The highest BCUT2D eigenvalue weighted by Gasteiger charge is 2.49. The Morgan fingerprint density at radius 2 is 2.05 bits per heavy atom. The molecule has 1 aliphatic heterocycles. The van der Waals surface area contributed by atoms with E-state index in [-0.39, 0.29) is 5.69 Å². The van der Waals surface area contributed by atoms with E-state index in [1.54, 1.807) is 0 Å². The summed E-state index contributed by atoms with van der Waals surface area (Å²) in [5.41, 5.74) is -0.0746. The zero-order valence-electron chi connectivity index (χ0n) is 9.70. The first-order chi connectivity index (χ1) is 8.71. The van der Waals surface area contributed by atoms with Crippen molar-refractivity contribution in [3.8, 4) is 0 Å². The summed E-state index contributed by atoms with van der Waals surface area (Å²) in [6.45, 7) is 0. The first-order valence-electron chi connectivity index (χ1n) is 5.26. The van der Waals surface area contributed by atoms with Gasteiger partial charge in [-0.15, -0.1) is 0 Å². The van der Waals surface area contributed by atoms with Crippen LogP contribution in [0.2, 0.25) is 5.02 Å². The minimum atomic E-state index is -4.67. The Balaban J connectivity index is 2.64. The van der Waals surface area contributed by atoms with E-state index in [4.69, 9.17) is 16.7 Å². The Labute approximate surface area is 111 Å². The number of likely N-dealkylation sites (N-methyl/N-ethyl adjacent to an activating group) is 1. The maximum Gasteiger partial charge on any atom is 0.413 e. The Morgan fingerprint density at radius 3 is 2.58 bits per heavy atom. The average Bonchev–Trinajstić information content (AvgIpc) is 2.25. The van der Waals surface area contributed by atoms with E-state index in [0.717, 1.165) is 11.0 Å². The molecule has 1 aromatic carbocycles. The number of anilines is 1. The zero-order chi connectivity index (χ0) is 14.4.